The first kappa shape index (κ1) is 15.6. The van der Waals surface area contributed by atoms with Gasteiger partial charge >= 0.3 is 0 Å². The summed E-state index contributed by atoms with van der Waals surface area (Å²) < 4.78 is 0. The lowest BCUT2D eigenvalue weighted by Crippen LogP contribution is -2.44. The minimum Gasteiger partial charge on any atom is -0.359 e. The highest BCUT2D eigenvalue weighted by Gasteiger charge is 2.34. The zero-order valence-corrected chi connectivity index (χ0v) is 11.8. The van der Waals surface area contributed by atoms with Gasteiger partial charge in [0.05, 0.1) is 8.07 Å². The molecule has 0 aliphatic rings. The summed E-state index contributed by atoms with van der Waals surface area (Å²) in [7, 11) is 2.42. The van der Waals surface area contributed by atoms with E-state index in [1.807, 2.05) is 6.55 Å². The quantitative estimate of drug-likeness (QED) is 0.551. The highest BCUT2D eigenvalue weighted by Crippen LogP contribution is 2.20. The van der Waals surface area contributed by atoms with E-state index in [2.05, 4.69) is 16.0 Å². The number of rotatable bonds is 6. The highest BCUT2D eigenvalue weighted by atomic mass is 28.3. The first-order valence-corrected chi connectivity index (χ1v) is 8.61. The predicted molar refractivity (Wildman–Crippen MR) is 68.2 cm³/mol. The maximum Gasteiger partial charge on any atom is 0.217 e. The standard InChI is InChI=1S/C10H21N3O3Si/c1-11-8(14)5-17(4,6-9(15)12-2)7-10(16)13-3/h5-7H2,1-4H3,(H,11,14)(H,12,15)(H,13,16). The van der Waals surface area contributed by atoms with Crippen LogP contribution >= 0.6 is 0 Å². The lowest BCUT2D eigenvalue weighted by atomic mass is 10.7. The molecule has 17 heavy (non-hydrogen) atoms. The van der Waals surface area contributed by atoms with Gasteiger partial charge in [-0.05, 0) is 0 Å². The van der Waals surface area contributed by atoms with Crippen LogP contribution in [0.5, 0.6) is 0 Å². The molecular weight excluding hydrogens is 238 g/mol. The van der Waals surface area contributed by atoms with E-state index in [-0.39, 0.29) is 35.9 Å². The van der Waals surface area contributed by atoms with Crippen LogP contribution in [0, 0.1) is 0 Å². The highest BCUT2D eigenvalue weighted by molar-refractivity contribution is 6.85. The fourth-order valence-electron chi connectivity index (χ4n) is 1.62. The normalized spacial score (nSPS) is 10.6. The summed E-state index contributed by atoms with van der Waals surface area (Å²) in [6, 6.07) is 0.846. The third-order valence-electron chi connectivity index (χ3n) is 2.60. The van der Waals surface area contributed by atoms with Gasteiger partial charge in [0.15, 0.2) is 0 Å². The van der Waals surface area contributed by atoms with Gasteiger partial charge < -0.3 is 16.0 Å². The average molecular weight is 259 g/mol. The molecule has 0 saturated heterocycles. The molecule has 0 heterocycles. The van der Waals surface area contributed by atoms with Gasteiger partial charge in [0.25, 0.3) is 0 Å². The molecule has 0 aliphatic heterocycles. The van der Waals surface area contributed by atoms with Crippen LogP contribution in [0.15, 0.2) is 0 Å². The minimum atomic E-state index is -2.24. The lowest BCUT2D eigenvalue weighted by Gasteiger charge is -2.24. The molecule has 6 nitrogen and oxygen atoms in total. The summed E-state index contributed by atoms with van der Waals surface area (Å²) in [4.78, 5) is 34.3. The molecule has 0 aromatic carbocycles. The number of carbonyl (C=O) groups is 3. The predicted octanol–water partition coefficient (Wildman–Crippen LogP) is -0.697. The summed E-state index contributed by atoms with van der Waals surface area (Å²) in [6.07, 6.45) is 0. The molecule has 0 unspecified atom stereocenters. The van der Waals surface area contributed by atoms with Crippen LogP contribution in [0.2, 0.25) is 24.7 Å². The second-order valence-electron chi connectivity index (χ2n) is 4.36. The fraction of sp³-hybridized carbons (Fsp3) is 0.700. The molecule has 7 heteroatoms. The van der Waals surface area contributed by atoms with E-state index in [0.29, 0.717) is 0 Å². The van der Waals surface area contributed by atoms with Crippen molar-refractivity contribution in [3.63, 3.8) is 0 Å². The van der Waals surface area contributed by atoms with Crippen molar-refractivity contribution in [3.05, 3.63) is 0 Å². The number of hydrogen-bond acceptors (Lipinski definition) is 3. The van der Waals surface area contributed by atoms with E-state index in [1.165, 1.54) is 0 Å². The second-order valence-corrected chi connectivity index (χ2v) is 9.04. The third kappa shape index (κ3) is 6.05. The van der Waals surface area contributed by atoms with Crippen LogP contribution in [-0.2, 0) is 14.4 Å². The first-order chi connectivity index (χ1) is 7.86. The maximum absolute atomic E-state index is 11.4. The molecule has 0 bridgehead atoms. The molecule has 3 N–H and O–H groups in total. The molecule has 0 rings (SSSR count). The van der Waals surface area contributed by atoms with Crippen molar-refractivity contribution in [3.8, 4) is 0 Å². The van der Waals surface area contributed by atoms with Gasteiger partial charge in [0, 0.05) is 39.3 Å². The Morgan fingerprint density at radius 2 is 1.00 bits per heavy atom. The van der Waals surface area contributed by atoms with E-state index in [9.17, 15) is 14.4 Å². The Morgan fingerprint density at radius 3 is 1.18 bits per heavy atom. The van der Waals surface area contributed by atoms with Crippen molar-refractivity contribution >= 4 is 25.8 Å². The molecule has 0 radical (unpaired) electrons. The number of hydrogen-bond donors (Lipinski definition) is 3. The van der Waals surface area contributed by atoms with Gasteiger partial charge in [0.2, 0.25) is 17.7 Å². The smallest absolute Gasteiger partial charge is 0.217 e. The Morgan fingerprint density at radius 1 is 0.765 bits per heavy atom. The Labute approximate surface area is 103 Å². The van der Waals surface area contributed by atoms with Crippen LogP contribution in [0.3, 0.4) is 0 Å². The van der Waals surface area contributed by atoms with E-state index in [1.54, 1.807) is 21.1 Å². The van der Waals surface area contributed by atoms with Gasteiger partial charge in [-0.3, -0.25) is 14.4 Å². The van der Waals surface area contributed by atoms with Gasteiger partial charge in [0.1, 0.15) is 0 Å². The molecule has 0 aromatic rings. The molecule has 0 saturated carbocycles. The van der Waals surface area contributed by atoms with E-state index in [0.717, 1.165) is 0 Å². The summed E-state index contributed by atoms with van der Waals surface area (Å²) in [5, 5.41) is 7.61. The summed E-state index contributed by atoms with van der Waals surface area (Å²) in [5.41, 5.74) is 0. The van der Waals surface area contributed by atoms with Crippen LogP contribution in [0.4, 0.5) is 0 Å². The number of amides is 3. The van der Waals surface area contributed by atoms with Crippen LogP contribution < -0.4 is 16.0 Å². The van der Waals surface area contributed by atoms with E-state index < -0.39 is 8.07 Å². The number of nitrogens with one attached hydrogen (secondary N) is 3. The Kier molecular flexibility index (Phi) is 6.48. The van der Waals surface area contributed by atoms with Crippen molar-refractivity contribution in [1.82, 2.24) is 16.0 Å². The number of carbonyl (C=O) groups excluding carboxylic acids is 3. The Bertz CT molecular complexity index is 262. The average Bonchev–Trinajstić information content (AvgIpc) is 2.27. The van der Waals surface area contributed by atoms with Crippen molar-refractivity contribution in [2.45, 2.75) is 24.7 Å². The molecule has 0 fully saturated rings. The molecule has 0 aliphatic carbocycles. The van der Waals surface area contributed by atoms with Crippen molar-refractivity contribution < 1.29 is 14.4 Å². The minimum absolute atomic E-state index is 0.119. The van der Waals surface area contributed by atoms with Gasteiger partial charge in [-0.2, -0.15) is 0 Å². The van der Waals surface area contributed by atoms with Crippen LogP contribution in [0.1, 0.15) is 0 Å². The third-order valence-corrected chi connectivity index (χ3v) is 6.12. The van der Waals surface area contributed by atoms with Gasteiger partial charge in [-0.1, -0.05) is 6.55 Å². The van der Waals surface area contributed by atoms with Gasteiger partial charge in [-0.25, -0.2) is 0 Å². The summed E-state index contributed by atoms with van der Waals surface area (Å²) in [6.45, 7) is 1.90. The largest absolute Gasteiger partial charge is 0.359 e. The van der Waals surface area contributed by atoms with Crippen molar-refractivity contribution in [2.75, 3.05) is 21.1 Å². The first-order valence-electron chi connectivity index (χ1n) is 5.48. The lowest BCUT2D eigenvalue weighted by molar-refractivity contribution is -0.118. The molecule has 3 amide bonds. The molecular formula is C10H21N3O3Si. The summed E-state index contributed by atoms with van der Waals surface area (Å²) in [5.74, 6) is -0.356. The van der Waals surface area contributed by atoms with Crippen LogP contribution in [-0.4, -0.2) is 46.9 Å². The van der Waals surface area contributed by atoms with Gasteiger partial charge in [-0.15, -0.1) is 0 Å². The SMILES string of the molecule is CNC(=O)C[Si](C)(CC(=O)NC)CC(=O)NC. The van der Waals surface area contributed by atoms with Crippen molar-refractivity contribution in [2.24, 2.45) is 0 Å². The monoisotopic (exact) mass is 259 g/mol. The topological polar surface area (TPSA) is 87.3 Å². The maximum atomic E-state index is 11.4. The van der Waals surface area contributed by atoms with E-state index >= 15 is 0 Å². The van der Waals surface area contributed by atoms with Crippen molar-refractivity contribution in [1.29, 1.82) is 0 Å². The zero-order chi connectivity index (χ0) is 13.5. The Hall–Kier alpha value is -1.37. The van der Waals surface area contributed by atoms with E-state index in [4.69, 9.17) is 0 Å². The second kappa shape index (κ2) is 7.05. The Balaban J connectivity index is 4.72. The molecule has 0 aromatic heterocycles. The van der Waals surface area contributed by atoms with Crippen LogP contribution in [0.25, 0.3) is 0 Å². The zero-order valence-electron chi connectivity index (χ0n) is 10.8. The fourth-order valence-corrected chi connectivity index (χ4v) is 4.85. The summed E-state index contributed by atoms with van der Waals surface area (Å²) >= 11 is 0. The molecule has 98 valence electrons. The molecule has 0 spiro atoms. The molecule has 0 atom stereocenters.